The van der Waals surface area contributed by atoms with Gasteiger partial charge in [-0.1, -0.05) is 26.2 Å². The minimum atomic E-state index is -0.189. The molecule has 0 radical (unpaired) electrons. The number of aromatic nitrogens is 2. The molecule has 1 aliphatic carbocycles. The van der Waals surface area contributed by atoms with Crippen LogP contribution in [0.1, 0.15) is 51.0 Å². The van der Waals surface area contributed by atoms with Crippen molar-refractivity contribution in [2.45, 2.75) is 51.0 Å². The topological polar surface area (TPSA) is 51.8 Å². The van der Waals surface area contributed by atoms with Crippen LogP contribution in [0.25, 0.3) is 0 Å². The van der Waals surface area contributed by atoms with E-state index in [9.17, 15) is 0 Å². The maximum Gasteiger partial charge on any atom is 0.115 e. The molecule has 0 aromatic carbocycles. The van der Waals surface area contributed by atoms with Crippen LogP contribution in [0.4, 0.5) is 0 Å². The van der Waals surface area contributed by atoms with Gasteiger partial charge in [0.15, 0.2) is 0 Å². The summed E-state index contributed by atoms with van der Waals surface area (Å²) in [7, 11) is 0. The second-order valence-electron chi connectivity index (χ2n) is 4.99. The third kappa shape index (κ3) is 2.40. The maximum absolute atomic E-state index is 6.52. The average Bonchev–Trinajstić information content (AvgIpc) is 2.53. The van der Waals surface area contributed by atoms with Crippen LogP contribution < -0.4 is 5.73 Å². The minimum Gasteiger partial charge on any atom is -0.321 e. The minimum absolute atomic E-state index is 0.189. The van der Waals surface area contributed by atoms with E-state index in [4.69, 9.17) is 5.73 Å². The van der Waals surface area contributed by atoms with Crippen LogP contribution in [0.5, 0.6) is 0 Å². The van der Waals surface area contributed by atoms with Gasteiger partial charge >= 0.3 is 0 Å². The SMILES string of the molecule is CCC1CCCC(N)(c2cncnc2)CC1. The van der Waals surface area contributed by atoms with E-state index in [2.05, 4.69) is 16.9 Å². The molecule has 0 aliphatic heterocycles. The van der Waals surface area contributed by atoms with E-state index in [1.54, 1.807) is 6.33 Å². The van der Waals surface area contributed by atoms with Gasteiger partial charge < -0.3 is 5.73 Å². The van der Waals surface area contributed by atoms with Crippen LogP contribution in [-0.2, 0) is 5.54 Å². The summed E-state index contributed by atoms with van der Waals surface area (Å²) in [5.41, 5.74) is 7.43. The highest BCUT2D eigenvalue weighted by molar-refractivity contribution is 5.16. The van der Waals surface area contributed by atoms with E-state index in [1.165, 1.54) is 25.7 Å². The van der Waals surface area contributed by atoms with E-state index < -0.39 is 0 Å². The molecule has 3 nitrogen and oxygen atoms in total. The van der Waals surface area contributed by atoms with Crippen molar-refractivity contribution in [3.8, 4) is 0 Å². The van der Waals surface area contributed by atoms with Crippen molar-refractivity contribution in [1.29, 1.82) is 0 Å². The lowest BCUT2D eigenvalue weighted by Crippen LogP contribution is -2.36. The van der Waals surface area contributed by atoms with Gasteiger partial charge in [0, 0.05) is 23.5 Å². The molecular formula is C13H21N3. The Morgan fingerprint density at radius 1 is 1.31 bits per heavy atom. The summed E-state index contributed by atoms with van der Waals surface area (Å²) in [6, 6.07) is 0. The van der Waals surface area contributed by atoms with Crippen LogP contribution in [0.3, 0.4) is 0 Å². The van der Waals surface area contributed by atoms with Crippen molar-refractivity contribution in [3.63, 3.8) is 0 Å². The van der Waals surface area contributed by atoms with Gasteiger partial charge in [0.25, 0.3) is 0 Å². The zero-order chi connectivity index (χ0) is 11.4. The van der Waals surface area contributed by atoms with Crippen LogP contribution in [0.15, 0.2) is 18.7 Å². The monoisotopic (exact) mass is 219 g/mol. The normalized spacial score (nSPS) is 31.0. The Labute approximate surface area is 97.5 Å². The molecule has 1 aromatic rings. The average molecular weight is 219 g/mol. The standard InChI is InChI=1S/C13H21N3/c1-2-11-4-3-6-13(14,7-5-11)12-8-15-10-16-9-12/h8-11H,2-7,14H2,1H3. The summed E-state index contributed by atoms with van der Waals surface area (Å²) in [5, 5.41) is 0. The van der Waals surface area contributed by atoms with Crippen molar-refractivity contribution in [2.75, 3.05) is 0 Å². The largest absolute Gasteiger partial charge is 0.321 e. The molecule has 1 aliphatic rings. The summed E-state index contributed by atoms with van der Waals surface area (Å²) >= 11 is 0. The highest BCUT2D eigenvalue weighted by Crippen LogP contribution is 2.36. The molecule has 1 aromatic heterocycles. The van der Waals surface area contributed by atoms with Gasteiger partial charge in [-0.15, -0.1) is 0 Å². The van der Waals surface area contributed by atoms with Gasteiger partial charge in [-0.05, 0) is 25.2 Å². The van der Waals surface area contributed by atoms with E-state index >= 15 is 0 Å². The third-order valence-electron chi connectivity index (χ3n) is 3.95. The van der Waals surface area contributed by atoms with Crippen molar-refractivity contribution in [1.82, 2.24) is 9.97 Å². The number of hydrogen-bond donors (Lipinski definition) is 1. The number of hydrogen-bond acceptors (Lipinski definition) is 3. The first-order chi connectivity index (χ1) is 7.74. The fourth-order valence-electron chi connectivity index (χ4n) is 2.69. The molecule has 0 bridgehead atoms. The molecule has 1 heterocycles. The Bertz CT molecular complexity index is 325. The smallest absolute Gasteiger partial charge is 0.115 e. The van der Waals surface area contributed by atoms with Gasteiger partial charge in [0.05, 0.1) is 0 Å². The molecule has 2 atom stereocenters. The van der Waals surface area contributed by atoms with Crippen LogP contribution in [0, 0.1) is 5.92 Å². The summed E-state index contributed by atoms with van der Waals surface area (Å²) in [6.07, 6.45) is 12.5. The molecule has 2 unspecified atom stereocenters. The third-order valence-corrected chi connectivity index (χ3v) is 3.95. The lowest BCUT2D eigenvalue weighted by molar-refractivity contribution is 0.369. The van der Waals surface area contributed by atoms with E-state index in [0.29, 0.717) is 0 Å². The zero-order valence-corrected chi connectivity index (χ0v) is 10.0. The van der Waals surface area contributed by atoms with Crippen molar-refractivity contribution in [3.05, 3.63) is 24.3 Å². The summed E-state index contributed by atoms with van der Waals surface area (Å²) in [4.78, 5) is 8.17. The first-order valence-corrected chi connectivity index (χ1v) is 6.29. The lowest BCUT2D eigenvalue weighted by atomic mass is 9.85. The van der Waals surface area contributed by atoms with Crippen molar-refractivity contribution in [2.24, 2.45) is 11.7 Å². The van der Waals surface area contributed by atoms with Gasteiger partial charge in [-0.2, -0.15) is 0 Å². The van der Waals surface area contributed by atoms with Crippen molar-refractivity contribution < 1.29 is 0 Å². The zero-order valence-electron chi connectivity index (χ0n) is 10.0. The highest BCUT2D eigenvalue weighted by atomic mass is 14.8. The first-order valence-electron chi connectivity index (χ1n) is 6.29. The Balaban J connectivity index is 2.13. The molecule has 16 heavy (non-hydrogen) atoms. The molecular weight excluding hydrogens is 198 g/mol. The second-order valence-corrected chi connectivity index (χ2v) is 4.99. The van der Waals surface area contributed by atoms with E-state index in [-0.39, 0.29) is 5.54 Å². The highest BCUT2D eigenvalue weighted by Gasteiger charge is 2.30. The Hall–Kier alpha value is -0.960. The van der Waals surface area contributed by atoms with Crippen LogP contribution >= 0.6 is 0 Å². The maximum atomic E-state index is 6.52. The van der Waals surface area contributed by atoms with Gasteiger partial charge in [0.1, 0.15) is 6.33 Å². The molecule has 2 rings (SSSR count). The fraction of sp³-hybridized carbons (Fsp3) is 0.692. The quantitative estimate of drug-likeness (QED) is 0.778. The molecule has 88 valence electrons. The number of nitrogens with zero attached hydrogens (tertiary/aromatic N) is 2. The summed E-state index contributed by atoms with van der Waals surface area (Å²) in [5.74, 6) is 0.857. The second kappa shape index (κ2) is 4.91. The molecule has 0 spiro atoms. The molecule has 0 amide bonds. The lowest BCUT2D eigenvalue weighted by Gasteiger charge is -2.27. The Morgan fingerprint density at radius 2 is 2.06 bits per heavy atom. The van der Waals surface area contributed by atoms with E-state index in [1.807, 2.05) is 12.4 Å². The predicted octanol–water partition coefficient (Wildman–Crippen LogP) is 2.62. The predicted molar refractivity (Wildman–Crippen MR) is 64.8 cm³/mol. The first kappa shape index (κ1) is 11.5. The number of rotatable bonds is 2. The molecule has 1 fully saturated rings. The van der Waals surface area contributed by atoms with Crippen LogP contribution in [-0.4, -0.2) is 9.97 Å². The molecule has 1 saturated carbocycles. The Kier molecular flexibility index (Phi) is 3.54. The van der Waals surface area contributed by atoms with Crippen LogP contribution in [0.2, 0.25) is 0 Å². The van der Waals surface area contributed by atoms with Gasteiger partial charge in [-0.25, -0.2) is 9.97 Å². The Morgan fingerprint density at radius 3 is 2.75 bits per heavy atom. The van der Waals surface area contributed by atoms with Gasteiger partial charge in [-0.3, -0.25) is 0 Å². The molecule has 3 heteroatoms. The fourth-order valence-corrected chi connectivity index (χ4v) is 2.69. The molecule has 2 N–H and O–H groups in total. The summed E-state index contributed by atoms with van der Waals surface area (Å²) < 4.78 is 0. The van der Waals surface area contributed by atoms with Crippen molar-refractivity contribution >= 4 is 0 Å². The van der Waals surface area contributed by atoms with E-state index in [0.717, 1.165) is 24.3 Å². The number of nitrogens with two attached hydrogens (primary N) is 1. The summed E-state index contributed by atoms with van der Waals surface area (Å²) in [6.45, 7) is 2.28. The van der Waals surface area contributed by atoms with Gasteiger partial charge in [0.2, 0.25) is 0 Å². The molecule has 0 saturated heterocycles.